The first-order valence-electron chi connectivity index (χ1n) is 12.1. The van der Waals surface area contributed by atoms with E-state index in [1.807, 2.05) is 41.3 Å². The van der Waals surface area contributed by atoms with Crippen molar-refractivity contribution in [2.75, 3.05) is 4.90 Å². The van der Waals surface area contributed by atoms with E-state index in [0.29, 0.717) is 41.0 Å². The van der Waals surface area contributed by atoms with E-state index in [0.717, 1.165) is 17.3 Å². The molecule has 186 valence electrons. The molecule has 7 nitrogen and oxygen atoms in total. The topological polar surface area (TPSA) is 79.1 Å². The van der Waals surface area contributed by atoms with Gasteiger partial charge in [-0.1, -0.05) is 30.3 Å². The van der Waals surface area contributed by atoms with Crippen LogP contribution in [-0.2, 0) is 22.4 Å². The van der Waals surface area contributed by atoms with E-state index in [1.54, 1.807) is 29.2 Å². The molecule has 0 saturated carbocycles. The molecule has 9 heteroatoms. The summed E-state index contributed by atoms with van der Waals surface area (Å²) in [6, 6.07) is 14.7. The summed E-state index contributed by atoms with van der Waals surface area (Å²) in [7, 11) is 0. The average molecular weight is 508 g/mol. The highest BCUT2D eigenvalue weighted by molar-refractivity contribution is 6.47. The Kier molecular flexibility index (Phi) is 4.87. The van der Waals surface area contributed by atoms with Crippen LogP contribution in [0.25, 0.3) is 11.2 Å². The molecule has 2 aromatic carbocycles. The summed E-state index contributed by atoms with van der Waals surface area (Å²) < 4.78 is 29.7. The van der Waals surface area contributed by atoms with Crippen LogP contribution >= 0.6 is 0 Å². The number of para-hydroxylation sites is 1. The first kappa shape index (κ1) is 22.3. The number of anilines is 1. The zero-order valence-electron chi connectivity index (χ0n) is 19.9. The van der Waals surface area contributed by atoms with Gasteiger partial charge in [-0.3, -0.25) is 24.3 Å². The first-order chi connectivity index (χ1) is 18.5. The molecule has 0 saturated heterocycles. The third-order valence-corrected chi connectivity index (χ3v) is 7.22. The predicted molar refractivity (Wildman–Crippen MR) is 137 cm³/mol. The van der Waals surface area contributed by atoms with Gasteiger partial charge < -0.3 is 4.90 Å². The molecule has 38 heavy (non-hydrogen) atoms. The van der Waals surface area contributed by atoms with Crippen molar-refractivity contribution in [1.29, 1.82) is 0 Å². The molecule has 3 aliphatic heterocycles. The Morgan fingerprint density at radius 2 is 1.87 bits per heavy atom. The van der Waals surface area contributed by atoms with E-state index in [2.05, 4.69) is 15.3 Å². The van der Waals surface area contributed by atoms with Crippen LogP contribution in [0, 0.1) is 11.6 Å². The van der Waals surface area contributed by atoms with E-state index >= 15 is 0 Å². The lowest BCUT2D eigenvalue weighted by Gasteiger charge is -2.24. The number of aliphatic imine (C=N–C) groups is 1. The van der Waals surface area contributed by atoms with Gasteiger partial charge in [-0.15, -0.1) is 0 Å². The third kappa shape index (κ3) is 3.32. The molecule has 4 aromatic rings. The molecule has 1 unspecified atom stereocenters. The number of carbonyl (C=O) groups excluding carboxylic acids is 2. The number of carbonyl (C=O) groups is 2. The Morgan fingerprint density at radius 1 is 1.00 bits per heavy atom. The van der Waals surface area contributed by atoms with Crippen LogP contribution in [0.1, 0.15) is 22.4 Å². The fourth-order valence-electron chi connectivity index (χ4n) is 5.59. The Bertz CT molecular complexity index is 1780. The monoisotopic (exact) mass is 507 g/mol. The second-order valence-electron chi connectivity index (χ2n) is 9.40. The largest absolute Gasteiger partial charge is 0.342 e. The van der Waals surface area contributed by atoms with Crippen LogP contribution in [0.5, 0.6) is 0 Å². The smallest absolute Gasteiger partial charge is 0.261 e. The molecule has 0 aliphatic carbocycles. The van der Waals surface area contributed by atoms with Crippen molar-refractivity contribution in [3.8, 4) is 0 Å². The number of amides is 2. The molecule has 0 spiro atoms. The highest BCUT2D eigenvalue weighted by atomic mass is 19.1. The number of aromatic nitrogens is 2. The molecule has 5 heterocycles. The number of benzene rings is 2. The molecule has 3 aliphatic rings. The van der Waals surface area contributed by atoms with E-state index in [4.69, 9.17) is 0 Å². The molecule has 2 amide bonds. The molecule has 0 bridgehead atoms. The van der Waals surface area contributed by atoms with Crippen molar-refractivity contribution in [3.05, 3.63) is 119 Å². The van der Waals surface area contributed by atoms with Crippen LogP contribution in [0.3, 0.4) is 0 Å². The number of pyridine rings is 1. The molecule has 0 radical (unpaired) electrons. The fraction of sp³-hybridized carbons (Fsp3) is 0.103. The van der Waals surface area contributed by atoms with Gasteiger partial charge in [0, 0.05) is 36.3 Å². The van der Waals surface area contributed by atoms with Gasteiger partial charge in [-0.25, -0.2) is 13.8 Å². The maximum atomic E-state index is 14.5. The highest BCUT2D eigenvalue weighted by Crippen LogP contribution is 2.41. The predicted octanol–water partition coefficient (Wildman–Crippen LogP) is 3.97. The second-order valence-corrected chi connectivity index (χ2v) is 9.40. The van der Waals surface area contributed by atoms with Crippen molar-refractivity contribution < 1.29 is 18.4 Å². The number of nitrogens with one attached hydrogen (secondary N) is 1. The van der Waals surface area contributed by atoms with Crippen molar-refractivity contribution in [3.63, 3.8) is 0 Å². The van der Waals surface area contributed by atoms with Gasteiger partial charge in [0.05, 0.1) is 34.4 Å². The summed E-state index contributed by atoms with van der Waals surface area (Å²) in [5.41, 5.74) is 4.86. The zero-order chi connectivity index (χ0) is 26.0. The highest BCUT2D eigenvalue weighted by Gasteiger charge is 2.39. The maximum absolute atomic E-state index is 14.5. The molecule has 7 rings (SSSR count). The Morgan fingerprint density at radius 3 is 2.74 bits per heavy atom. The Balaban J connectivity index is 1.35. The van der Waals surface area contributed by atoms with Crippen LogP contribution in [0.2, 0.25) is 0 Å². The van der Waals surface area contributed by atoms with Gasteiger partial charge in [-0.2, -0.15) is 0 Å². The van der Waals surface area contributed by atoms with Gasteiger partial charge in [0.2, 0.25) is 0 Å². The summed E-state index contributed by atoms with van der Waals surface area (Å²) in [6.45, 7) is 0. The van der Waals surface area contributed by atoms with Crippen molar-refractivity contribution >= 4 is 34.4 Å². The number of hydrogen-bond donors (Lipinski definition) is 1. The number of nitrogens with zero attached hydrogens (tertiary/aromatic N) is 4. The summed E-state index contributed by atoms with van der Waals surface area (Å²) in [5.74, 6) is -2.24. The average Bonchev–Trinajstić information content (AvgIpc) is 3.51. The first-order valence-corrected chi connectivity index (χ1v) is 12.1. The van der Waals surface area contributed by atoms with Crippen LogP contribution in [0.4, 0.5) is 14.5 Å². The number of rotatable bonds is 4. The zero-order valence-corrected chi connectivity index (χ0v) is 19.9. The van der Waals surface area contributed by atoms with Gasteiger partial charge in [-0.05, 0) is 42.2 Å². The van der Waals surface area contributed by atoms with E-state index in [1.165, 1.54) is 12.1 Å². The normalized spacial score (nSPS) is 18.2. The van der Waals surface area contributed by atoms with Gasteiger partial charge >= 0.3 is 0 Å². The summed E-state index contributed by atoms with van der Waals surface area (Å²) in [4.78, 5) is 37.3. The van der Waals surface area contributed by atoms with Crippen molar-refractivity contribution in [1.82, 2.24) is 14.7 Å². The van der Waals surface area contributed by atoms with Crippen molar-refractivity contribution in [2.45, 2.75) is 18.9 Å². The minimum Gasteiger partial charge on any atom is -0.342 e. The Labute approximate surface area is 215 Å². The van der Waals surface area contributed by atoms with E-state index in [9.17, 15) is 18.4 Å². The lowest BCUT2D eigenvalue weighted by Crippen LogP contribution is -2.30. The minimum atomic E-state index is -0.615. The number of fused-ring (bicyclic) bond motifs is 1. The molecule has 1 atom stereocenters. The lowest BCUT2D eigenvalue weighted by atomic mass is 9.94. The molecular formula is C29H19F2N5O2. The summed E-state index contributed by atoms with van der Waals surface area (Å²) in [6.07, 6.45) is 7.74. The quantitative estimate of drug-likeness (QED) is 0.424. The SMILES string of the molecule is O=C1NC(=O)C(c2cnc3ccccn23)=C1C1=NC=CN2c3c(cccc31)CC2Cc1ccc(F)cc1F. The van der Waals surface area contributed by atoms with Gasteiger partial charge in [0.15, 0.2) is 0 Å². The van der Waals surface area contributed by atoms with E-state index < -0.39 is 23.4 Å². The lowest BCUT2D eigenvalue weighted by molar-refractivity contribution is -0.123. The standard InChI is InChI=1S/C29H19F2N5O2/c30-18-8-7-16(21(31)14-18)12-19-13-17-4-3-5-20-26(32-9-11-35(19)27(17)20)25-24(28(37)34-29(25)38)22-15-33-23-6-1-2-10-36(22)23/h1-11,14-15,19H,12-13H2,(H,34,37,38). The number of halogens is 2. The Hall–Kier alpha value is -4.92. The number of imidazole rings is 1. The van der Waals surface area contributed by atoms with Crippen LogP contribution < -0.4 is 10.2 Å². The molecule has 1 N–H and O–H groups in total. The van der Waals surface area contributed by atoms with Crippen molar-refractivity contribution in [2.24, 2.45) is 4.99 Å². The number of imide groups is 1. The summed E-state index contributed by atoms with van der Waals surface area (Å²) in [5, 5.41) is 2.43. The minimum absolute atomic E-state index is 0.136. The second kappa shape index (κ2) is 8.31. The third-order valence-electron chi connectivity index (χ3n) is 7.22. The van der Waals surface area contributed by atoms with Crippen LogP contribution in [-0.4, -0.2) is 33.0 Å². The summed E-state index contributed by atoms with van der Waals surface area (Å²) >= 11 is 0. The fourth-order valence-corrected chi connectivity index (χ4v) is 5.59. The molecule has 0 fully saturated rings. The molecule has 2 aromatic heterocycles. The maximum Gasteiger partial charge on any atom is 0.261 e. The van der Waals surface area contributed by atoms with Gasteiger partial charge in [0.25, 0.3) is 11.8 Å². The number of hydrogen-bond acceptors (Lipinski definition) is 5. The van der Waals surface area contributed by atoms with Crippen LogP contribution in [0.15, 0.2) is 90.0 Å². The molecular weight excluding hydrogens is 488 g/mol. The van der Waals surface area contributed by atoms with E-state index in [-0.39, 0.29) is 17.2 Å². The van der Waals surface area contributed by atoms with Gasteiger partial charge in [0.1, 0.15) is 17.3 Å².